The number of ether oxygens (including phenoxy) is 1. The van der Waals surface area contributed by atoms with E-state index < -0.39 is 5.92 Å². The lowest BCUT2D eigenvalue weighted by Gasteiger charge is -2.11. The molecule has 0 bridgehead atoms. The van der Waals surface area contributed by atoms with Crippen LogP contribution in [0, 0.1) is 5.92 Å². The summed E-state index contributed by atoms with van der Waals surface area (Å²) in [6.07, 6.45) is 2.59. The van der Waals surface area contributed by atoms with Gasteiger partial charge in [0.05, 0.1) is 11.2 Å². The van der Waals surface area contributed by atoms with Crippen molar-refractivity contribution < 1.29 is 18.3 Å². The number of hydrogen-bond donors (Lipinski definition) is 1. The second kappa shape index (κ2) is 7.14. The molecule has 0 spiro atoms. The van der Waals surface area contributed by atoms with Gasteiger partial charge in [-0.25, -0.2) is 14.6 Å². The van der Waals surface area contributed by atoms with E-state index in [1.54, 1.807) is 25.4 Å². The van der Waals surface area contributed by atoms with Crippen LogP contribution in [-0.2, 0) is 15.5 Å². The van der Waals surface area contributed by atoms with Crippen LogP contribution in [0.1, 0.15) is 37.6 Å². The molecule has 4 rings (SSSR count). The van der Waals surface area contributed by atoms with Crippen LogP contribution >= 0.6 is 0 Å². The van der Waals surface area contributed by atoms with Gasteiger partial charge in [-0.2, -0.15) is 13.9 Å². The predicted octanol–water partition coefficient (Wildman–Crippen LogP) is 3.64. The van der Waals surface area contributed by atoms with Crippen LogP contribution in [0.2, 0.25) is 0 Å². The fraction of sp³-hybridized carbons (Fsp3) is 0.400. The molecule has 3 heterocycles. The Morgan fingerprint density at radius 3 is 2.90 bits per heavy atom. The third-order valence-electron chi connectivity index (χ3n) is 4.95. The fourth-order valence-electron chi connectivity index (χ4n) is 3.50. The van der Waals surface area contributed by atoms with Crippen LogP contribution in [0.4, 0.5) is 14.6 Å². The molecule has 1 aliphatic carbocycles. The van der Waals surface area contributed by atoms with E-state index in [1.807, 2.05) is 0 Å². The van der Waals surface area contributed by atoms with E-state index >= 15 is 0 Å². The van der Waals surface area contributed by atoms with Gasteiger partial charge in [-0.3, -0.25) is 4.79 Å². The Labute approximate surface area is 166 Å². The Morgan fingerprint density at radius 1 is 1.41 bits per heavy atom. The smallest absolute Gasteiger partial charge is 0.287 e. The molecule has 1 fully saturated rings. The SMILES string of the molecule is COCC1CC1c1nn(-c2cccc(C(C)(F)F)n2)c2cc(NC(C)=O)ncc12. The highest BCUT2D eigenvalue weighted by atomic mass is 19.3. The number of nitrogens with one attached hydrogen (secondary N) is 1. The maximum atomic E-state index is 13.8. The molecule has 152 valence electrons. The molecule has 0 radical (unpaired) electrons. The third-order valence-corrected chi connectivity index (χ3v) is 4.95. The predicted molar refractivity (Wildman–Crippen MR) is 103 cm³/mol. The fourth-order valence-corrected chi connectivity index (χ4v) is 3.50. The molecule has 3 aromatic heterocycles. The highest BCUT2D eigenvalue weighted by Gasteiger charge is 2.41. The number of nitrogens with zero attached hydrogens (tertiary/aromatic N) is 4. The van der Waals surface area contributed by atoms with Crippen molar-refractivity contribution in [1.29, 1.82) is 0 Å². The molecule has 1 amide bonds. The van der Waals surface area contributed by atoms with E-state index in [0.717, 1.165) is 24.4 Å². The van der Waals surface area contributed by atoms with E-state index in [-0.39, 0.29) is 23.3 Å². The summed E-state index contributed by atoms with van der Waals surface area (Å²) in [7, 11) is 1.66. The quantitative estimate of drug-likeness (QED) is 0.682. The molecule has 0 aliphatic heterocycles. The first-order valence-electron chi connectivity index (χ1n) is 9.29. The Hall–Kier alpha value is -2.94. The summed E-state index contributed by atoms with van der Waals surface area (Å²) in [5.74, 6) is -2.10. The van der Waals surface area contributed by atoms with Crippen molar-refractivity contribution >= 4 is 22.6 Å². The standard InChI is InChI=1S/C20H21F2N5O2/c1-11(28)24-17-8-15-14(9-23-17)19(13-7-12(13)10-29-3)26-27(15)18-6-4-5-16(25-18)20(2,21)22/h4-6,8-9,12-13H,7,10H2,1-3H3,(H,23,24,28). The maximum absolute atomic E-state index is 13.8. The molecule has 1 aliphatic rings. The molecule has 3 aromatic rings. The number of alkyl halides is 2. The van der Waals surface area contributed by atoms with Crippen molar-refractivity contribution in [1.82, 2.24) is 19.7 Å². The van der Waals surface area contributed by atoms with Crippen LogP contribution in [0.5, 0.6) is 0 Å². The summed E-state index contributed by atoms with van der Waals surface area (Å²) in [5, 5.41) is 8.15. The second-order valence-electron chi connectivity index (χ2n) is 7.39. The van der Waals surface area contributed by atoms with Gasteiger partial charge in [0, 0.05) is 51.1 Å². The second-order valence-corrected chi connectivity index (χ2v) is 7.39. The minimum absolute atomic E-state index is 0.211. The van der Waals surface area contributed by atoms with E-state index in [0.29, 0.717) is 23.9 Å². The van der Waals surface area contributed by atoms with Crippen LogP contribution in [0.15, 0.2) is 30.5 Å². The topological polar surface area (TPSA) is 81.9 Å². The number of hydrogen-bond acceptors (Lipinski definition) is 5. The maximum Gasteiger partial charge on any atom is 0.287 e. The van der Waals surface area contributed by atoms with E-state index in [9.17, 15) is 13.6 Å². The van der Waals surface area contributed by atoms with Gasteiger partial charge in [-0.05, 0) is 24.5 Å². The Bertz CT molecular complexity index is 1080. The number of amides is 1. The summed E-state index contributed by atoms with van der Waals surface area (Å²) in [4.78, 5) is 19.8. The van der Waals surface area contributed by atoms with Gasteiger partial charge in [0.2, 0.25) is 5.91 Å². The zero-order chi connectivity index (χ0) is 20.8. The van der Waals surface area contributed by atoms with Gasteiger partial charge in [0.15, 0.2) is 5.82 Å². The Kier molecular flexibility index (Phi) is 4.77. The van der Waals surface area contributed by atoms with Gasteiger partial charge < -0.3 is 10.1 Å². The first kappa shape index (κ1) is 19.4. The van der Waals surface area contributed by atoms with E-state index in [1.165, 1.54) is 23.7 Å². The number of fused-ring (bicyclic) bond motifs is 1. The number of carbonyl (C=O) groups is 1. The summed E-state index contributed by atoms with van der Waals surface area (Å²) in [6, 6.07) is 6.13. The van der Waals surface area contributed by atoms with Gasteiger partial charge >= 0.3 is 0 Å². The molecule has 9 heteroatoms. The molecule has 7 nitrogen and oxygen atoms in total. The van der Waals surface area contributed by atoms with Gasteiger partial charge in [0.25, 0.3) is 5.92 Å². The summed E-state index contributed by atoms with van der Waals surface area (Å²) in [5.41, 5.74) is 1.14. The zero-order valence-corrected chi connectivity index (χ0v) is 16.3. The average molecular weight is 401 g/mol. The molecular formula is C20H21F2N5O2. The minimum atomic E-state index is -3.06. The number of rotatable bonds is 6. The third kappa shape index (κ3) is 3.82. The highest BCUT2D eigenvalue weighted by Crippen LogP contribution is 2.49. The lowest BCUT2D eigenvalue weighted by atomic mass is 10.1. The summed E-state index contributed by atoms with van der Waals surface area (Å²) >= 11 is 0. The van der Waals surface area contributed by atoms with Gasteiger partial charge in [-0.15, -0.1) is 0 Å². The number of carbonyl (C=O) groups excluding carboxylic acids is 1. The van der Waals surface area contributed by atoms with Crippen LogP contribution in [-0.4, -0.2) is 39.4 Å². The van der Waals surface area contributed by atoms with E-state index in [2.05, 4.69) is 15.3 Å². The number of halogens is 2. The van der Waals surface area contributed by atoms with E-state index in [4.69, 9.17) is 9.84 Å². The van der Waals surface area contributed by atoms with Crippen molar-refractivity contribution in [2.24, 2.45) is 5.92 Å². The zero-order valence-electron chi connectivity index (χ0n) is 16.3. The molecule has 2 atom stereocenters. The highest BCUT2D eigenvalue weighted by molar-refractivity contribution is 5.91. The molecule has 0 aromatic carbocycles. The number of pyridine rings is 2. The largest absolute Gasteiger partial charge is 0.384 e. The summed E-state index contributed by atoms with van der Waals surface area (Å²) < 4.78 is 34.4. The Morgan fingerprint density at radius 2 is 2.21 bits per heavy atom. The van der Waals surface area contributed by atoms with Crippen molar-refractivity contribution in [3.8, 4) is 5.82 Å². The molecule has 2 unspecified atom stereocenters. The monoisotopic (exact) mass is 401 g/mol. The van der Waals surface area contributed by atoms with Gasteiger partial charge in [0.1, 0.15) is 11.5 Å². The first-order chi connectivity index (χ1) is 13.8. The van der Waals surface area contributed by atoms with Crippen LogP contribution in [0.25, 0.3) is 16.7 Å². The number of aromatic nitrogens is 4. The normalized spacial score (nSPS) is 18.8. The molecule has 1 N–H and O–H groups in total. The minimum Gasteiger partial charge on any atom is -0.384 e. The molecular weight excluding hydrogens is 380 g/mol. The van der Waals surface area contributed by atoms with Crippen molar-refractivity contribution in [2.75, 3.05) is 19.0 Å². The number of methoxy groups -OCH3 is 1. The van der Waals surface area contributed by atoms with Crippen LogP contribution < -0.4 is 5.32 Å². The molecule has 1 saturated carbocycles. The summed E-state index contributed by atoms with van der Waals surface area (Å²) in [6.45, 7) is 2.83. The molecule has 0 saturated heterocycles. The van der Waals surface area contributed by atoms with Crippen LogP contribution in [0.3, 0.4) is 0 Å². The van der Waals surface area contributed by atoms with Crippen molar-refractivity contribution in [2.45, 2.75) is 32.1 Å². The lowest BCUT2D eigenvalue weighted by molar-refractivity contribution is -0.114. The molecule has 29 heavy (non-hydrogen) atoms. The van der Waals surface area contributed by atoms with Gasteiger partial charge in [-0.1, -0.05) is 6.07 Å². The average Bonchev–Trinajstić information content (AvgIpc) is 3.31. The number of anilines is 1. The lowest BCUT2D eigenvalue weighted by Crippen LogP contribution is -2.12. The Balaban J connectivity index is 1.85. The van der Waals surface area contributed by atoms with Crippen molar-refractivity contribution in [3.63, 3.8) is 0 Å². The van der Waals surface area contributed by atoms with Crippen molar-refractivity contribution in [3.05, 3.63) is 41.9 Å². The first-order valence-corrected chi connectivity index (χ1v) is 9.29.